The number of fused-ring (bicyclic) bond motifs is 9. The second-order valence-corrected chi connectivity index (χ2v) is 17.1. The molecule has 0 aliphatic heterocycles. The number of hydrogen-bond donors (Lipinski definition) is 0. The first kappa shape index (κ1) is 35.5. The van der Waals surface area contributed by atoms with Gasteiger partial charge in [-0.3, -0.25) is 0 Å². The average Bonchev–Trinajstić information content (AvgIpc) is 3.85. The molecule has 2 heteroatoms. The summed E-state index contributed by atoms with van der Waals surface area (Å²) in [6.45, 7) is 4.71. The largest absolute Gasteiger partial charge is 0.454 e. The van der Waals surface area contributed by atoms with Crippen LogP contribution in [0.2, 0.25) is 0 Å². The first-order valence-corrected chi connectivity index (χ1v) is 21.4. The summed E-state index contributed by atoms with van der Waals surface area (Å²) >= 11 is 0. The third kappa shape index (κ3) is 5.15. The lowest BCUT2D eigenvalue weighted by atomic mass is 9.67. The third-order valence-corrected chi connectivity index (χ3v) is 13.6. The van der Waals surface area contributed by atoms with Crippen molar-refractivity contribution in [2.45, 2.75) is 31.1 Å². The van der Waals surface area contributed by atoms with Gasteiger partial charge in [-0.1, -0.05) is 196 Å². The minimum absolute atomic E-state index is 0.139. The summed E-state index contributed by atoms with van der Waals surface area (Å²) in [4.78, 5) is 2.41. The zero-order valence-electron chi connectivity index (χ0n) is 34.3. The molecule has 0 unspecified atom stereocenters. The Morgan fingerprint density at radius 3 is 1.87 bits per heavy atom. The number of nitrogens with zero attached hydrogens (tertiary/aromatic N) is 1. The fourth-order valence-corrected chi connectivity index (χ4v) is 10.9. The van der Waals surface area contributed by atoms with Crippen molar-refractivity contribution in [1.82, 2.24) is 0 Å². The highest BCUT2D eigenvalue weighted by Gasteiger charge is 2.46. The average molecular weight is 782 g/mol. The van der Waals surface area contributed by atoms with Crippen molar-refractivity contribution in [3.63, 3.8) is 0 Å². The highest BCUT2D eigenvalue weighted by molar-refractivity contribution is 6.00. The van der Waals surface area contributed by atoms with E-state index in [0.717, 1.165) is 45.8 Å². The summed E-state index contributed by atoms with van der Waals surface area (Å²) in [5, 5.41) is 1.13. The van der Waals surface area contributed by atoms with Gasteiger partial charge in [-0.2, -0.15) is 0 Å². The number of benzene rings is 8. The Morgan fingerprint density at radius 1 is 0.492 bits per heavy atom. The van der Waals surface area contributed by atoms with Gasteiger partial charge in [0.15, 0.2) is 5.76 Å². The molecular formula is C59H43NO. The summed E-state index contributed by atoms with van der Waals surface area (Å²) in [6.07, 6.45) is 7.59. The smallest absolute Gasteiger partial charge is 0.159 e. The fraction of sp³-hybridized carbons (Fsp3) is 0.0847. The topological polar surface area (TPSA) is 16.4 Å². The Labute approximate surface area is 357 Å². The van der Waals surface area contributed by atoms with E-state index in [1.54, 1.807) is 0 Å². The minimum atomic E-state index is -0.452. The van der Waals surface area contributed by atoms with Crippen LogP contribution in [-0.4, -0.2) is 0 Å². The molecule has 290 valence electrons. The lowest BCUT2D eigenvalue weighted by Gasteiger charge is -2.34. The summed E-state index contributed by atoms with van der Waals surface area (Å²) < 4.78 is 6.80. The van der Waals surface area contributed by atoms with Crippen LogP contribution in [0.5, 0.6) is 0 Å². The van der Waals surface area contributed by atoms with Crippen molar-refractivity contribution in [3.05, 3.63) is 251 Å². The molecule has 2 nitrogen and oxygen atoms in total. The molecule has 0 saturated carbocycles. The Balaban J connectivity index is 1.04. The molecule has 0 atom stereocenters. The van der Waals surface area contributed by atoms with E-state index >= 15 is 0 Å². The quantitative estimate of drug-likeness (QED) is 0.167. The van der Waals surface area contributed by atoms with Crippen LogP contribution in [0.3, 0.4) is 0 Å². The third-order valence-electron chi connectivity index (χ3n) is 13.6. The predicted molar refractivity (Wildman–Crippen MR) is 253 cm³/mol. The maximum atomic E-state index is 6.80. The number of para-hydroxylation sites is 1. The number of allylic oxidation sites excluding steroid dienone is 2. The fourth-order valence-electron chi connectivity index (χ4n) is 10.9. The lowest BCUT2D eigenvalue weighted by Crippen LogP contribution is -2.28. The van der Waals surface area contributed by atoms with Crippen molar-refractivity contribution < 1.29 is 4.42 Å². The van der Waals surface area contributed by atoms with Crippen LogP contribution in [0.4, 0.5) is 11.4 Å². The van der Waals surface area contributed by atoms with Crippen molar-refractivity contribution in [2.24, 2.45) is 0 Å². The molecule has 0 N–H and O–H groups in total. The van der Waals surface area contributed by atoms with E-state index in [1.165, 1.54) is 66.8 Å². The molecule has 0 spiro atoms. The van der Waals surface area contributed by atoms with Crippen LogP contribution >= 0.6 is 0 Å². The molecular weight excluding hydrogens is 739 g/mol. The monoisotopic (exact) mass is 781 g/mol. The Bertz CT molecular complexity index is 3200. The maximum absolute atomic E-state index is 6.80. The van der Waals surface area contributed by atoms with E-state index in [4.69, 9.17) is 4.42 Å². The molecule has 0 amide bonds. The van der Waals surface area contributed by atoms with Crippen molar-refractivity contribution in [2.75, 3.05) is 4.90 Å². The first-order valence-electron chi connectivity index (χ1n) is 21.4. The van der Waals surface area contributed by atoms with Gasteiger partial charge in [0.1, 0.15) is 5.58 Å². The standard InChI is InChI=1S/C59H43NO/c1-58(2)50-27-13-9-22-45(50)46-37-36-43(38-53(46)58)60(54-30-15-11-24-48-47-23-12-16-31-55(47)61-57(48)54)42-34-32-39(33-35-42)44-26-17-29-52-56(44)49-25-10-14-28-51(49)59(52,40-18-5-3-6-19-40)41-20-7-4-8-21-41/h3-14,16-38H,15H2,1-2H3. The van der Waals surface area contributed by atoms with E-state index in [-0.39, 0.29) is 5.41 Å². The van der Waals surface area contributed by atoms with Crippen LogP contribution in [0.1, 0.15) is 65.0 Å². The normalized spacial score (nSPS) is 15.0. The molecule has 0 bridgehead atoms. The summed E-state index contributed by atoms with van der Waals surface area (Å²) in [5.41, 5.74) is 20.1. The molecule has 0 fully saturated rings. The zero-order valence-corrected chi connectivity index (χ0v) is 34.3. The first-order chi connectivity index (χ1) is 30.0. The number of anilines is 2. The number of rotatable bonds is 6. The molecule has 0 radical (unpaired) electrons. The SMILES string of the molecule is CC1(C)c2ccccc2-c2ccc(N(C3=CCC=Cc4c3oc3ccccc43)c3ccc(-c4cccc5c4-c4ccccc4C5(c4ccccc4)c4ccccc4)cc3)cc21. The van der Waals surface area contributed by atoms with Crippen LogP contribution in [0.15, 0.2) is 211 Å². The van der Waals surface area contributed by atoms with Crippen LogP contribution in [0.25, 0.3) is 56.1 Å². The van der Waals surface area contributed by atoms with E-state index < -0.39 is 5.41 Å². The minimum Gasteiger partial charge on any atom is -0.454 e. The Hall–Kier alpha value is -7.42. The van der Waals surface area contributed by atoms with Gasteiger partial charge in [-0.15, -0.1) is 0 Å². The van der Waals surface area contributed by atoms with Crippen LogP contribution in [0, 0.1) is 0 Å². The summed E-state index contributed by atoms with van der Waals surface area (Å²) in [6, 6.07) is 71.5. The van der Waals surface area contributed by atoms with Gasteiger partial charge in [0.05, 0.1) is 11.1 Å². The van der Waals surface area contributed by atoms with E-state index in [2.05, 4.69) is 231 Å². The maximum Gasteiger partial charge on any atom is 0.159 e. The van der Waals surface area contributed by atoms with Gasteiger partial charge in [-0.25, -0.2) is 0 Å². The van der Waals surface area contributed by atoms with E-state index in [1.807, 2.05) is 0 Å². The predicted octanol–water partition coefficient (Wildman–Crippen LogP) is 15.4. The highest BCUT2D eigenvalue weighted by atomic mass is 16.3. The van der Waals surface area contributed by atoms with Gasteiger partial charge < -0.3 is 9.32 Å². The molecule has 1 heterocycles. The van der Waals surface area contributed by atoms with Gasteiger partial charge in [-0.05, 0) is 104 Å². The zero-order chi connectivity index (χ0) is 40.7. The molecule has 12 rings (SSSR count). The summed E-state index contributed by atoms with van der Waals surface area (Å²) in [5.74, 6) is 0.887. The second-order valence-electron chi connectivity index (χ2n) is 17.1. The Kier molecular flexibility index (Phi) is 7.89. The highest BCUT2D eigenvalue weighted by Crippen LogP contribution is 2.58. The summed E-state index contributed by atoms with van der Waals surface area (Å²) in [7, 11) is 0. The Morgan fingerprint density at radius 2 is 1.10 bits per heavy atom. The van der Waals surface area contributed by atoms with Gasteiger partial charge in [0.2, 0.25) is 0 Å². The van der Waals surface area contributed by atoms with Gasteiger partial charge in [0.25, 0.3) is 0 Å². The van der Waals surface area contributed by atoms with E-state index in [0.29, 0.717) is 0 Å². The molecule has 8 aromatic carbocycles. The molecule has 0 saturated heterocycles. The molecule has 9 aromatic rings. The van der Waals surface area contributed by atoms with Crippen LogP contribution < -0.4 is 4.90 Å². The number of furan rings is 1. The molecule has 3 aliphatic rings. The van der Waals surface area contributed by atoms with E-state index in [9.17, 15) is 0 Å². The molecule has 1 aromatic heterocycles. The van der Waals surface area contributed by atoms with Crippen LogP contribution in [-0.2, 0) is 10.8 Å². The molecule has 61 heavy (non-hydrogen) atoms. The van der Waals surface area contributed by atoms with Crippen molar-refractivity contribution >= 4 is 34.1 Å². The number of hydrogen-bond acceptors (Lipinski definition) is 2. The van der Waals surface area contributed by atoms with Crippen molar-refractivity contribution in [1.29, 1.82) is 0 Å². The molecule has 3 aliphatic carbocycles. The second kappa shape index (κ2) is 13.6. The van der Waals surface area contributed by atoms with Gasteiger partial charge in [0, 0.05) is 27.7 Å². The van der Waals surface area contributed by atoms with Gasteiger partial charge >= 0.3 is 0 Å². The van der Waals surface area contributed by atoms with Crippen molar-refractivity contribution in [3.8, 4) is 33.4 Å². The lowest BCUT2D eigenvalue weighted by molar-refractivity contribution is 0.597.